The van der Waals surface area contributed by atoms with E-state index in [1.165, 1.54) is 4.31 Å². The zero-order valence-electron chi connectivity index (χ0n) is 8.98. The molecule has 0 aromatic carbocycles. The van der Waals surface area contributed by atoms with Crippen LogP contribution in [-0.4, -0.2) is 37.0 Å². The first kappa shape index (κ1) is 12.4. The summed E-state index contributed by atoms with van der Waals surface area (Å²) in [5, 5.41) is 0. The van der Waals surface area contributed by atoms with Crippen LogP contribution < -0.4 is 5.73 Å². The van der Waals surface area contributed by atoms with Crippen molar-refractivity contribution < 1.29 is 13.2 Å². The second-order valence-corrected chi connectivity index (χ2v) is 6.06. The highest BCUT2D eigenvalue weighted by atomic mass is 32.2. The van der Waals surface area contributed by atoms with Gasteiger partial charge in [-0.1, -0.05) is 12.8 Å². The summed E-state index contributed by atoms with van der Waals surface area (Å²) in [4.78, 5) is 10.8. The summed E-state index contributed by atoms with van der Waals surface area (Å²) in [7, 11) is -3.31. The van der Waals surface area contributed by atoms with Crippen LogP contribution in [0.25, 0.3) is 0 Å². The number of amides is 1. The molecule has 0 atom stereocenters. The minimum Gasteiger partial charge on any atom is -0.369 e. The van der Waals surface area contributed by atoms with Crippen LogP contribution in [0, 0.1) is 0 Å². The van der Waals surface area contributed by atoms with Gasteiger partial charge in [-0.2, -0.15) is 4.31 Å². The second-order valence-electron chi connectivity index (χ2n) is 3.85. The zero-order valence-corrected chi connectivity index (χ0v) is 9.79. The molecule has 0 radical (unpaired) electrons. The molecule has 6 heteroatoms. The van der Waals surface area contributed by atoms with Crippen molar-refractivity contribution in [3.05, 3.63) is 0 Å². The second kappa shape index (κ2) is 4.94. The van der Waals surface area contributed by atoms with Crippen LogP contribution in [0.5, 0.6) is 0 Å². The van der Waals surface area contributed by atoms with Gasteiger partial charge < -0.3 is 5.73 Å². The summed E-state index contributed by atoms with van der Waals surface area (Å²) < 4.78 is 24.8. The van der Waals surface area contributed by atoms with Gasteiger partial charge in [0.1, 0.15) is 0 Å². The largest absolute Gasteiger partial charge is 0.369 e. The van der Waals surface area contributed by atoms with Gasteiger partial charge in [0.15, 0.2) is 0 Å². The van der Waals surface area contributed by atoms with Crippen LogP contribution in [0.2, 0.25) is 0 Å². The summed E-state index contributed by atoms with van der Waals surface area (Å²) >= 11 is 0. The summed E-state index contributed by atoms with van der Waals surface area (Å²) in [5.74, 6) is -0.560. The lowest BCUT2D eigenvalue weighted by molar-refractivity contribution is -0.118. The fraction of sp³-hybridized carbons (Fsp3) is 0.889. The Kier molecular flexibility index (Phi) is 4.10. The lowest BCUT2D eigenvalue weighted by atomic mass is 10.2. The molecule has 0 aliphatic heterocycles. The molecule has 0 bridgehead atoms. The highest BCUT2D eigenvalue weighted by Gasteiger charge is 2.31. The Hall–Kier alpha value is -0.620. The molecule has 0 spiro atoms. The summed E-state index contributed by atoms with van der Waals surface area (Å²) in [6.07, 6.45) is 3.73. The number of primary amides is 1. The van der Waals surface area contributed by atoms with Crippen molar-refractivity contribution in [3.63, 3.8) is 0 Å². The van der Waals surface area contributed by atoms with E-state index in [1.807, 2.05) is 0 Å². The summed E-state index contributed by atoms with van der Waals surface area (Å²) in [6.45, 7) is 1.40. The molecule has 0 aromatic heterocycles. The van der Waals surface area contributed by atoms with E-state index >= 15 is 0 Å². The van der Waals surface area contributed by atoms with Crippen LogP contribution in [0.4, 0.5) is 0 Å². The van der Waals surface area contributed by atoms with Crippen molar-refractivity contribution in [1.29, 1.82) is 0 Å². The number of carbonyl (C=O) groups is 1. The fourth-order valence-corrected chi connectivity index (χ4v) is 3.29. The molecule has 1 saturated carbocycles. The Bertz CT molecular complexity index is 320. The molecular formula is C9H18N2O3S. The van der Waals surface area contributed by atoms with E-state index in [-0.39, 0.29) is 18.3 Å². The van der Waals surface area contributed by atoms with Crippen molar-refractivity contribution in [3.8, 4) is 0 Å². The summed E-state index contributed by atoms with van der Waals surface area (Å²) in [5.41, 5.74) is 5.07. The molecular weight excluding hydrogens is 216 g/mol. The third-order valence-corrected chi connectivity index (χ3v) is 4.64. The highest BCUT2D eigenvalue weighted by molar-refractivity contribution is 7.89. The molecule has 1 amide bonds. The van der Waals surface area contributed by atoms with Gasteiger partial charge in [0.05, 0.1) is 12.3 Å². The quantitative estimate of drug-likeness (QED) is 0.730. The molecule has 1 aliphatic carbocycles. The predicted molar refractivity (Wildman–Crippen MR) is 57.6 cm³/mol. The molecule has 15 heavy (non-hydrogen) atoms. The van der Waals surface area contributed by atoms with Crippen LogP contribution in [-0.2, 0) is 14.8 Å². The first-order chi connectivity index (χ1) is 6.97. The van der Waals surface area contributed by atoms with Crippen LogP contribution in [0.3, 0.4) is 0 Å². The lowest BCUT2D eigenvalue weighted by Crippen LogP contribution is -2.44. The van der Waals surface area contributed by atoms with Gasteiger partial charge in [0.25, 0.3) is 0 Å². The number of nitrogens with two attached hydrogens (primary N) is 1. The van der Waals surface area contributed by atoms with Crippen LogP contribution in [0.15, 0.2) is 0 Å². The minimum absolute atomic E-state index is 0.0246. The van der Waals surface area contributed by atoms with E-state index in [0.29, 0.717) is 0 Å². The van der Waals surface area contributed by atoms with Crippen molar-refractivity contribution in [2.75, 3.05) is 12.3 Å². The maximum atomic E-state index is 11.7. The molecule has 0 unspecified atom stereocenters. The van der Waals surface area contributed by atoms with E-state index in [4.69, 9.17) is 5.73 Å². The number of hydrogen-bond donors (Lipinski definition) is 1. The normalized spacial score (nSPS) is 18.5. The van der Waals surface area contributed by atoms with Crippen molar-refractivity contribution >= 4 is 15.9 Å². The number of nitrogens with zero attached hydrogens (tertiary/aromatic N) is 1. The molecule has 5 nitrogen and oxygen atoms in total. The van der Waals surface area contributed by atoms with E-state index < -0.39 is 15.9 Å². The standard InChI is InChI=1S/C9H18N2O3S/c1-2-15(13,14)11(7-9(10)12)8-5-3-4-6-8/h8H,2-7H2,1H3,(H2,10,12). The topological polar surface area (TPSA) is 80.5 Å². The Morgan fingerprint density at radius 2 is 1.93 bits per heavy atom. The molecule has 88 valence electrons. The molecule has 1 fully saturated rings. The van der Waals surface area contributed by atoms with Crippen LogP contribution >= 0.6 is 0 Å². The van der Waals surface area contributed by atoms with Gasteiger partial charge in [0.2, 0.25) is 15.9 Å². The third-order valence-electron chi connectivity index (χ3n) is 2.77. The number of sulfonamides is 1. The monoisotopic (exact) mass is 234 g/mol. The Morgan fingerprint density at radius 3 is 2.33 bits per heavy atom. The molecule has 0 heterocycles. The van der Waals surface area contributed by atoms with E-state index in [0.717, 1.165) is 25.7 Å². The maximum absolute atomic E-state index is 11.7. The molecule has 1 rings (SSSR count). The van der Waals surface area contributed by atoms with Crippen molar-refractivity contribution in [1.82, 2.24) is 4.31 Å². The summed E-state index contributed by atoms with van der Waals surface area (Å²) in [6, 6.07) is -0.0255. The van der Waals surface area contributed by atoms with E-state index in [2.05, 4.69) is 0 Å². The van der Waals surface area contributed by atoms with Crippen molar-refractivity contribution in [2.24, 2.45) is 5.73 Å². The number of hydrogen-bond acceptors (Lipinski definition) is 3. The Labute approximate surface area is 90.7 Å². The van der Waals surface area contributed by atoms with E-state index in [9.17, 15) is 13.2 Å². The first-order valence-corrected chi connectivity index (χ1v) is 6.86. The number of carbonyl (C=O) groups excluding carboxylic acids is 1. The Morgan fingerprint density at radius 1 is 1.40 bits per heavy atom. The lowest BCUT2D eigenvalue weighted by Gasteiger charge is -2.26. The van der Waals surface area contributed by atoms with Gasteiger partial charge in [-0.15, -0.1) is 0 Å². The zero-order chi connectivity index (χ0) is 11.5. The van der Waals surface area contributed by atoms with E-state index in [1.54, 1.807) is 6.92 Å². The number of rotatable bonds is 5. The van der Waals surface area contributed by atoms with Crippen LogP contribution in [0.1, 0.15) is 32.6 Å². The third kappa shape index (κ3) is 3.17. The molecule has 2 N–H and O–H groups in total. The average molecular weight is 234 g/mol. The van der Waals surface area contributed by atoms with Gasteiger partial charge in [-0.25, -0.2) is 8.42 Å². The van der Waals surface area contributed by atoms with Crippen molar-refractivity contribution in [2.45, 2.75) is 38.6 Å². The van der Waals surface area contributed by atoms with Gasteiger partial charge in [-0.3, -0.25) is 4.79 Å². The Balaban J connectivity index is 2.81. The van der Waals surface area contributed by atoms with Gasteiger partial charge >= 0.3 is 0 Å². The van der Waals surface area contributed by atoms with Gasteiger partial charge in [0, 0.05) is 6.04 Å². The first-order valence-electron chi connectivity index (χ1n) is 5.25. The molecule has 1 aliphatic rings. The van der Waals surface area contributed by atoms with Gasteiger partial charge in [-0.05, 0) is 19.8 Å². The minimum atomic E-state index is -3.31. The molecule has 0 aromatic rings. The fourth-order valence-electron chi connectivity index (χ4n) is 1.97. The smallest absolute Gasteiger partial charge is 0.232 e. The molecule has 0 saturated heterocycles. The average Bonchev–Trinajstić information content (AvgIpc) is 2.66. The SMILES string of the molecule is CCS(=O)(=O)N(CC(N)=O)C1CCCC1. The maximum Gasteiger partial charge on any atom is 0.232 e. The highest BCUT2D eigenvalue weighted by Crippen LogP contribution is 2.25. The predicted octanol–water partition coefficient (Wildman–Crippen LogP) is 0.0660.